The number of rotatable bonds is 7. The quantitative estimate of drug-likeness (QED) is 0.843. The molecule has 124 valence electrons. The van der Waals surface area contributed by atoms with Crippen molar-refractivity contribution in [3.63, 3.8) is 0 Å². The monoisotopic (exact) mass is 335 g/mol. The third-order valence-corrected chi connectivity index (χ3v) is 3.56. The van der Waals surface area contributed by atoms with Gasteiger partial charge in [0.1, 0.15) is 0 Å². The lowest BCUT2D eigenvalue weighted by Gasteiger charge is -2.18. The number of carbonyl (C=O) groups excluding carboxylic acids is 1. The van der Waals surface area contributed by atoms with E-state index in [1.54, 1.807) is 6.20 Å². The summed E-state index contributed by atoms with van der Waals surface area (Å²) in [6.45, 7) is 7.46. The van der Waals surface area contributed by atoms with Gasteiger partial charge in [-0.25, -0.2) is 4.98 Å². The lowest BCUT2D eigenvalue weighted by molar-refractivity contribution is -0.122. The van der Waals surface area contributed by atoms with Gasteiger partial charge in [0, 0.05) is 16.6 Å². The van der Waals surface area contributed by atoms with Gasteiger partial charge in [0.15, 0.2) is 5.76 Å². The summed E-state index contributed by atoms with van der Waals surface area (Å²) in [7, 11) is 0. The third-order valence-electron chi connectivity index (χ3n) is 3.31. The Balaban J connectivity index is 1.99. The van der Waals surface area contributed by atoms with Gasteiger partial charge in [-0.1, -0.05) is 18.5 Å². The van der Waals surface area contributed by atoms with Crippen molar-refractivity contribution in [3.05, 3.63) is 41.4 Å². The maximum Gasteiger partial charge on any atom is 0.234 e. The molecule has 0 radical (unpaired) electrons. The lowest BCUT2D eigenvalue weighted by Crippen LogP contribution is -2.39. The molecule has 23 heavy (non-hydrogen) atoms. The molecule has 0 aliphatic heterocycles. The molecule has 0 aliphatic carbocycles. The van der Waals surface area contributed by atoms with Gasteiger partial charge in [-0.15, -0.1) is 0 Å². The number of hydrogen-bond donors (Lipinski definition) is 1. The number of amides is 1. The van der Waals surface area contributed by atoms with E-state index in [4.69, 9.17) is 16.0 Å². The van der Waals surface area contributed by atoms with E-state index in [0.29, 0.717) is 29.8 Å². The van der Waals surface area contributed by atoms with Crippen molar-refractivity contribution in [2.75, 3.05) is 13.1 Å². The van der Waals surface area contributed by atoms with Crippen LogP contribution >= 0.6 is 11.6 Å². The molecule has 2 aromatic rings. The van der Waals surface area contributed by atoms with E-state index in [2.05, 4.69) is 10.3 Å². The highest BCUT2D eigenvalue weighted by Crippen LogP contribution is 2.22. The maximum absolute atomic E-state index is 11.9. The summed E-state index contributed by atoms with van der Waals surface area (Å²) in [5, 5.41) is 3.57. The Morgan fingerprint density at radius 1 is 1.35 bits per heavy atom. The summed E-state index contributed by atoms with van der Waals surface area (Å²) in [4.78, 5) is 18.1. The smallest absolute Gasteiger partial charge is 0.234 e. The van der Waals surface area contributed by atoms with Gasteiger partial charge in [-0.2, -0.15) is 0 Å². The predicted molar refractivity (Wildman–Crippen MR) is 91.2 cm³/mol. The second kappa shape index (κ2) is 8.13. The first-order valence-electron chi connectivity index (χ1n) is 7.70. The average molecular weight is 336 g/mol. The van der Waals surface area contributed by atoms with Crippen LogP contribution in [0.15, 0.2) is 34.9 Å². The minimum Gasteiger partial charge on any atom is -0.439 e. The van der Waals surface area contributed by atoms with E-state index in [1.165, 1.54) is 0 Å². The van der Waals surface area contributed by atoms with Crippen LogP contribution in [0.5, 0.6) is 0 Å². The Hall–Kier alpha value is -1.85. The molecule has 0 saturated carbocycles. The van der Waals surface area contributed by atoms with Crippen molar-refractivity contribution in [3.8, 4) is 11.3 Å². The summed E-state index contributed by atoms with van der Waals surface area (Å²) in [6.07, 6.45) is 1.70. The van der Waals surface area contributed by atoms with Crippen LogP contribution in [0.2, 0.25) is 5.02 Å². The second-order valence-electron chi connectivity index (χ2n) is 5.65. The zero-order valence-corrected chi connectivity index (χ0v) is 14.4. The molecule has 6 heteroatoms. The van der Waals surface area contributed by atoms with Crippen LogP contribution in [-0.4, -0.2) is 34.9 Å². The largest absolute Gasteiger partial charge is 0.439 e. The zero-order chi connectivity index (χ0) is 16.8. The molecule has 1 amide bonds. The molecule has 0 aliphatic rings. The standard InChI is InChI=1S/C17H22ClN3O2/c1-4-21(10-16(22)20-12(2)3)11-17-19-9-15(23-17)13-5-7-14(18)8-6-13/h5-9,12H,4,10-11H2,1-3H3,(H,20,22). The Labute approximate surface area is 141 Å². The number of benzene rings is 1. The van der Waals surface area contributed by atoms with Crippen LogP contribution in [0, 0.1) is 0 Å². The number of hydrogen-bond acceptors (Lipinski definition) is 4. The topological polar surface area (TPSA) is 58.4 Å². The average Bonchev–Trinajstić information content (AvgIpc) is 2.95. The molecule has 0 spiro atoms. The Kier molecular flexibility index (Phi) is 6.19. The van der Waals surface area contributed by atoms with E-state index in [0.717, 1.165) is 12.1 Å². The van der Waals surface area contributed by atoms with Crippen LogP contribution in [0.4, 0.5) is 0 Å². The molecule has 2 rings (SSSR count). The van der Waals surface area contributed by atoms with Crippen LogP contribution in [0.3, 0.4) is 0 Å². The van der Waals surface area contributed by atoms with Crippen LogP contribution in [0.1, 0.15) is 26.7 Å². The van der Waals surface area contributed by atoms with Crippen molar-refractivity contribution >= 4 is 17.5 Å². The molecule has 0 fully saturated rings. The normalized spacial score (nSPS) is 11.2. The third kappa shape index (κ3) is 5.37. The molecule has 0 bridgehead atoms. The van der Waals surface area contributed by atoms with Crippen molar-refractivity contribution in [1.82, 2.24) is 15.2 Å². The minimum atomic E-state index is 0.00586. The highest BCUT2D eigenvalue weighted by Gasteiger charge is 2.14. The van der Waals surface area contributed by atoms with E-state index < -0.39 is 0 Å². The molecule has 1 N–H and O–H groups in total. The van der Waals surface area contributed by atoms with E-state index in [9.17, 15) is 4.79 Å². The van der Waals surface area contributed by atoms with Gasteiger partial charge in [0.2, 0.25) is 11.8 Å². The SMILES string of the molecule is CCN(CC(=O)NC(C)C)Cc1ncc(-c2ccc(Cl)cc2)o1. The second-order valence-corrected chi connectivity index (χ2v) is 6.09. The Bertz CT molecular complexity index is 638. The summed E-state index contributed by atoms with van der Waals surface area (Å²) < 4.78 is 5.78. The molecular weight excluding hydrogens is 314 g/mol. The van der Waals surface area contributed by atoms with Gasteiger partial charge in [0.05, 0.1) is 19.3 Å². The van der Waals surface area contributed by atoms with Crippen LogP contribution in [-0.2, 0) is 11.3 Å². The van der Waals surface area contributed by atoms with E-state index in [1.807, 2.05) is 49.9 Å². The first kappa shape index (κ1) is 17.5. The number of halogens is 1. The number of carbonyl (C=O) groups is 1. The Morgan fingerprint density at radius 2 is 2.04 bits per heavy atom. The molecule has 0 atom stereocenters. The maximum atomic E-state index is 11.9. The van der Waals surface area contributed by atoms with Gasteiger partial charge >= 0.3 is 0 Å². The molecule has 1 aromatic heterocycles. The summed E-state index contributed by atoms with van der Waals surface area (Å²) in [5.41, 5.74) is 0.925. The fraction of sp³-hybridized carbons (Fsp3) is 0.412. The number of nitrogens with one attached hydrogen (secondary N) is 1. The van der Waals surface area contributed by atoms with E-state index in [-0.39, 0.29) is 11.9 Å². The van der Waals surface area contributed by atoms with E-state index >= 15 is 0 Å². The van der Waals surface area contributed by atoms with Crippen molar-refractivity contribution < 1.29 is 9.21 Å². The fourth-order valence-electron chi connectivity index (χ4n) is 2.17. The number of nitrogens with zero attached hydrogens (tertiary/aromatic N) is 2. The zero-order valence-electron chi connectivity index (χ0n) is 13.7. The van der Waals surface area contributed by atoms with Crippen LogP contribution < -0.4 is 5.32 Å². The van der Waals surface area contributed by atoms with Gasteiger partial charge in [-0.3, -0.25) is 9.69 Å². The number of likely N-dealkylation sites (N-methyl/N-ethyl adjacent to an activating group) is 1. The lowest BCUT2D eigenvalue weighted by atomic mass is 10.2. The highest BCUT2D eigenvalue weighted by molar-refractivity contribution is 6.30. The van der Waals surface area contributed by atoms with Gasteiger partial charge in [-0.05, 0) is 44.7 Å². The molecule has 5 nitrogen and oxygen atoms in total. The molecule has 0 saturated heterocycles. The first-order chi connectivity index (χ1) is 11.0. The molecule has 1 heterocycles. The van der Waals surface area contributed by atoms with Gasteiger partial charge in [0.25, 0.3) is 0 Å². The fourth-order valence-corrected chi connectivity index (χ4v) is 2.30. The van der Waals surface area contributed by atoms with Gasteiger partial charge < -0.3 is 9.73 Å². The minimum absolute atomic E-state index is 0.00586. The highest BCUT2D eigenvalue weighted by atomic mass is 35.5. The Morgan fingerprint density at radius 3 is 2.65 bits per heavy atom. The summed E-state index contributed by atoms with van der Waals surface area (Å²) >= 11 is 5.89. The molecule has 0 unspecified atom stereocenters. The number of oxazole rings is 1. The number of aromatic nitrogens is 1. The molecule has 1 aromatic carbocycles. The molecular formula is C17H22ClN3O2. The first-order valence-corrected chi connectivity index (χ1v) is 8.08. The van der Waals surface area contributed by atoms with Crippen molar-refractivity contribution in [2.24, 2.45) is 0 Å². The van der Waals surface area contributed by atoms with Crippen LogP contribution in [0.25, 0.3) is 11.3 Å². The summed E-state index contributed by atoms with van der Waals surface area (Å²) in [5.74, 6) is 1.29. The van der Waals surface area contributed by atoms with Crippen molar-refractivity contribution in [1.29, 1.82) is 0 Å². The predicted octanol–water partition coefficient (Wildman–Crippen LogP) is 3.34. The summed E-state index contributed by atoms with van der Waals surface area (Å²) in [6, 6.07) is 7.54. The van der Waals surface area contributed by atoms with Crippen molar-refractivity contribution in [2.45, 2.75) is 33.4 Å².